The van der Waals surface area contributed by atoms with E-state index in [-0.39, 0.29) is 6.54 Å². The van der Waals surface area contributed by atoms with Crippen molar-refractivity contribution in [2.24, 2.45) is 0 Å². The maximum atomic E-state index is 10.6. The molecule has 0 heterocycles. The van der Waals surface area contributed by atoms with Gasteiger partial charge in [0, 0.05) is 12.0 Å². The Hall–Kier alpha value is -2.02. The van der Waals surface area contributed by atoms with Crippen molar-refractivity contribution in [1.29, 1.82) is 0 Å². The van der Waals surface area contributed by atoms with Gasteiger partial charge in [0.05, 0.1) is 21.3 Å². The molecule has 1 aromatic carbocycles. The topological polar surface area (TPSA) is 80.1 Å². The summed E-state index contributed by atoms with van der Waals surface area (Å²) in [5.74, 6) is 1.30. The van der Waals surface area contributed by atoms with Crippen molar-refractivity contribution in [2.75, 3.05) is 35.0 Å². The molecule has 0 amide bonds. The minimum atomic E-state index is -0.677. The Morgan fingerprint density at radius 2 is 1.63 bits per heavy atom. The van der Waals surface area contributed by atoms with Crippen LogP contribution in [0.2, 0.25) is 0 Å². The molecule has 0 aliphatic heterocycles. The summed E-state index contributed by atoms with van der Waals surface area (Å²) < 4.78 is 20.7. The third kappa shape index (κ3) is 3.47. The summed E-state index contributed by atoms with van der Waals surface area (Å²) in [6, 6.07) is 3.28. The minimum Gasteiger partial charge on any atom is -0.493 e. The fraction of sp³-hybridized carbons (Fsp3) is 0.500. The Bertz CT molecular complexity index is 423. The first-order chi connectivity index (χ1) is 9.07. The van der Waals surface area contributed by atoms with Crippen LogP contribution in [0.3, 0.4) is 0 Å². The normalized spacial score (nSPS) is 11.8. The van der Waals surface area contributed by atoms with Gasteiger partial charge < -0.3 is 18.9 Å². The van der Waals surface area contributed by atoms with Gasteiger partial charge in [-0.25, -0.2) is 0 Å². The third-order valence-corrected chi connectivity index (χ3v) is 2.66. The van der Waals surface area contributed by atoms with Crippen LogP contribution in [0.4, 0.5) is 0 Å². The molecule has 0 saturated carbocycles. The zero-order chi connectivity index (χ0) is 14.4. The molecule has 1 rings (SSSR count). The molecule has 1 atom stereocenters. The van der Waals surface area contributed by atoms with E-state index in [0.29, 0.717) is 22.8 Å². The molecule has 19 heavy (non-hydrogen) atoms. The Morgan fingerprint density at radius 1 is 1.11 bits per heavy atom. The number of methoxy groups -OCH3 is 4. The Balaban J connectivity index is 3.24. The van der Waals surface area contributed by atoms with Crippen LogP contribution in [0.1, 0.15) is 11.7 Å². The lowest BCUT2D eigenvalue weighted by molar-refractivity contribution is -0.492. The second-order valence-corrected chi connectivity index (χ2v) is 3.70. The van der Waals surface area contributed by atoms with E-state index >= 15 is 0 Å². The average Bonchev–Trinajstić information content (AvgIpc) is 2.42. The van der Waals surface area contributed by atoms with Crippen molar-refractivity contribution in [3.63, 3.8) is 0 Å². The Morgan fingerprint density at radius 3 is 1.95 bits per heavy atom. The molecule has 0 fully saturated rings. The van der Waals surface area contributed by atoms with Gasteiger partial charge >= 0.3 is 0 Å². The first-order valence-corrected chi connectivity index (χ1v) is 5.51. The lowest BCUT2D eigenvalue weighted by atomic mass is 10.1. The van der Waals surface area contributed by atoms with Crippen LogP contribution in [0.15, 0.2) is 12.1 Å². The largest absolute Gasteiger partial charge is 0.493 e. The number of ether oxygens (including phenoxy) is 4. The summed E-state index contributed by atoms with van der Waals surface area (Å²) in [5, 5.41) is 10.6. The van der Waals surface area contributed by atoms with E-state index < -0.39 is 11.0 Å². The number of nitro groups is 1. The summed E-state index contributed by atoms with van der Waals surface area (Å²) in [7, 11) is 5.87. The maximum absolute atomic E-state index is 10.6. The van der Waals surface area contributed by atoms with E-state index in [0.717, 1.165) is 0 Å². The van der Waals surface area contributed by atoms with E-state index in [4.69, 9.17) is 18.9 Å². The van der Waals surface area contributed by atoms with Gasteiger partial charge in [0.25, 0.3) is 0 Å². The second-order valence-electron chi connectivity index (χ2n) is 3.70. The van der Waals surface area contributed by atoms with Crippen molar-refractivity contribution in [3.8, 4) is 17.2 Å². The van der Waals surface area contributed by atoms with Crippen molar-refractivity contribution in [2.45, 2.75) is 6.10 Å². The molecule has 7 heteroatoms. The molecule has 0 bridgehead atoms. The zero-order valence-corrected chi connectivity index (χ0v) is 11.3. The first-order valence-electron chi connectivity index (χ1n) is 5.51. The first kappa shape index (κ1) is 15.0. The number of hydrogen-bond acceptors (Lipinski definition) is 6. The van der Waals surface area contributed by atoms with Crippen LogP contribution in [0, 0.1) is 10.1 Å². The average molecular weight is 271 g/mol. The minimum absolute atomic E-state index is 0.338. The highest BCUT2D eigenvalue weighted by atomic mass is 16.6. The third-order valence-electron chi connectivity index (χ3n) is 2.66. The van der Waals surface area contributed by atoms with Crippen molar-refractivity contribution in [3.05, 3.63) is 27.8 Å². The molecule has 0 spiro atoms. The number of hydrogen-bond donors (Lipinski definition) is 0. The van der Waals surface area contributed by atoms with Crippen molar-refractivity contribution in [1.82, 2.24) is 0 Å². The molecule has 1 aromatic rings. The number of rotatable bonds is 7. The fourth-order valence-corrected chi connectivity index (χ4v) is 1.74. The predicted molar refractivity (Wildman–Crippen MR) is 67.7 cm³/mol. The van der Waals surface area contributed by atoms with E-state index in [9.17, 15) is 10.1 Å². The highest BCUT2D eigenvalue weighted by Gasteiger charge is 2.22. The molecular formula is C12H17NO6. The Labute approximate surface area is 111 Å². The van der Waals surface area contributed by atoms with Crippen LogP contribution in [-0.2, 0) is 4.74 Å². The van der Waals surface area contributed by atoms with Crippen molar-refractivity contribution < 1.29 is 23.9 Å². The maximum Gasteiger partial charge on any atom is 0.233 e. The number of benzene rings is 1. The molecule has 0 aromatic heterocycles. The Kier molecular flexibility index (Phi) is 5.37. The molecule has 1 unspecified atom stereocenters. The van der Waals surface area contributed by atoms with E-state index in [1.54, 1.807) is 12.1 Å². The summed E-state index contributed by atoms with van der Waals surface area (Å²) >= 11 is 0. The highest BCUT2D eigenvalue weighted by molar-refractivity contribution is 5.54. The molecule has 0 saturated heterocycles. The quantitative estimate of drug-likeness (QED) is 0.554. The van der Waals surface area contributed by atoms with Crippen LogP contribution in [-0.4, -0.2) is 39.9 Å². The predicted octanol–water partition coefficient (Wildman–Crippen LogP) is 1.68. The number of nitrogens with zero attached hydrogens (tertiary/aromatic N) is 1. The van der Waals surface area contributed by atoms with Gasteiger partial charge in [-0.3, -0.25) is 10.1 Å². The lowest BCUT2D eigenvalue weighted by Gasteiger charge is -2.17. The summed E-state index contributed by atoms with van der Waals surface area (Å²) in [6.07, 6.45) is -0.677. The molecular weight excluding hydrogens is 254 g/mol. The summed E-state index contributed by atoms with van der Waals surface area (Å²) in [4.78, 5) is 10.2. The monoisotopic (exact) mass is 271 g/mol. The van der Waals surface area contributed by atoms with Crippen LogP contribution >= 0.6 is 0 Å². The zero-order valence-electron chi connectivity index (χ0n) is 11.3. The molecule has 7 nitrogen and oxygen atoms in total. The molecule has 0 radical (unpaired) electrons. The van der Waals surface area contributed by atoms with Crippen molar-refractivity contribution >= 4 is 0 Å². The van der Waals surface area contributed by atoms with Gasteiger partial charge in [-0.15, -0.1) is 0 Å². The van der Waals surface area contributed by atoms with Gasteiger partial charge in [-0.05, 0) is 17.7 Å². The SMILES string of the molecule is COc1cc(C(C[N+](=O)[O-])OC)cc(OC)c1OC. The van der Waals surface area contributed by atoms with Gasteiger partial charge in [0.1, 0.15) is 6.10 Å². The van der Waals surface area contributed by atoms with Gasteiger partial charge in [-0.2, -0.15) is 0 Å². The summed E-state index contributed by atoms with van der Waals surface area (Å²) in [6.45, 7) is -0.338. The highest BCUT2D eigenvalue weighted by Crippen LogP contribution is 2.40. The van der Waals surface area contributed by atoms with E-state index in [1.807, 2.05) is 0 Å². The van der Waals surface area contributed by atoms with E-state index in [2.05, 4.69) is 0 Å². The van der Waals surface area contributed by atoms with Crippen LogP contribution in [0.25, 0.3) is 0 Å². The van der Waals surface area contributed by atoms with Gasteiger partial charge in [0.2, 0.25) is 12.3 Å². The standard InChI is InChI=1S/C12H17NO6/c1-16-9-5-8(11(18-3)7-13(14)15)6-10(17-2)12(9)19-4/h5-6,11H,7H2,1-4H3. The van der Waals surface area contributed by atoms with Crippen LogP contribution < -0.4 is 14.2 Å². The molecule has 0 aliphatic carbocycles. The smallest absolute Gasteiger partial charge is 0.233 e. The van der Waals surface area contributed by atoms with E-state index in [1.165, 1.54) is 28.4 Å². The molecule has 0 aliphatic rings. The van der Waals surface area contributed by atoms with Gasteiger partial charge in [0.15, 0.2) is 11.5 Å². The van der Waals surface area contributed by atoms with Gasteiger partial charge in [-0.1, -0.05) is 0 Å². The fourth-order valence-electron chi connectivity index (χ4n) is 1.74. The second kappa shape index (κ2) is 6.79. The molecule has 0 N–H and O–H groups in total. The molecule has 106 valence electrons. The summed E-state index contributed by atoms with van der Waals surface area (Å²) in [5.41, 5.74) is 0.591. The van der Waals surface area contributed by atoms with Crippen LogP contribution in [0.5, 0.6) is 17.2 Å². The lowest BCUT2D eigenvalue weighted by Crippen LogP contribution is -2.14.